The van der Waals surface area contributed by atoms with Crippen molar-refractivity contribution in [2.24, 2.45) is 0 Å². The van der Waals surface area contributed by atoms with Crippen molar-refractivity contribution in [1.29, 1.82) is 0 Å². The van der Waals surface area contributed by atoms with E-state index < -0.39 is 0 Å². The molecule has 0 N–H and O–H groups in total. The third-order valence-electron chi connectivity index (χ3n) is 3.57. The van der Waals surface area contributed by atoms with Gasteiger partial charge in [-0.15, -0.1) is 0 Å². The Bertz CT molecular complexity index is 583. The Hall–Kier alpha value is -0.131. The zero-order valence-electron chi connectivity index (χ0n) is 14.8. The van der Waals surface area contributed by atoms with Gasteiger partial charge in [-0.3, -0.25) is 0 Å². The molecule has 0 radical (unpaired) electrons. The van der Waals surface area contributed by atoms with Crippen LogP contribution < -0.4 is 5.30 Å². The van der Waals surface area contributed by atoms with Crippen molar-refractivity contribution in [3.8, 4) is 11.1 Å². The van der Waals surface area contributed by atoms with Crippen LogP contribution >= 0.6 is 22.0 Å². The number of halogens is 1. The van der Waals surface area contributed by atoms with Gasteiger partial charge >= 0.3 is 28.3 Å². The fourth-order valence-electron chi connectivity index (χ4n) is 3.26. The van der Waals surface area contributed by atoms with Crippen LogP contribution in [0.2, 0.25) is 0 Å². The van der Waals surface area contributed by atoms with Crippen molar-refractivity contribution < 1.29 is 14.2 Å². The molecule has 0 fully saturated rings. The summed E-state index contributed by atoms with van der Waals surface area (Å²) in [6, 6.07) is 19.7. The van der Waals surface area contributed by atoms with Gasteiger partial charge in [0.2, 0.25) is 0 Å². The van der Waals surface area contributed by atoms with Crippen LogP contribution in [0.1, 0.15) is 41.5 Å². The Labute approximate surface area is 158 Å². The van der Waals surface area contributed by atoms with Crippen molar-refractivity contribution in [2.75, 3.05) is 0 Å². The standard InChI is InChI=1S/C20H27P.BrH.Cu/c1-19(2,3)21(20(4,5)6)18-15-11-10-14-17(18)16-12-8-7-9-13-16;;/h7-15H,1-6H3;1H;/q;;+1/p-1. The first kappa shape index (κ1) is 20.9. The summed E-state index contributed by atoms with van der Waals surface area (Å²) in [4.78, 5) is 0. The first-order chi connectivity index (χ1) is 10.7. The Morgan fingerprint density at radius 1 is 0.696 bits per heavy atom. The molecule has 0 nitrogen and oxygen atoms in total. The van der Waals surface area contributed by atoms with Crippen LogP contribution in [0.4, 0.5) is 0 Å². The monoisotopic (exact) mass is 440 g/mol. The van der Waals surface area contributed by atoms with Gasteiger partial charge in [-0.05, 0) is 26.7 Å². The summed E-state index contributed by atoms with van der Waals surface area (Å²) in [5.41, 5.74) is 2.73. The normalized spacial score (nSPS) is 11.9. The molecule has 0 spiro atoms. The van der Waals surface area contributed by atoms with E-state index in [1.807, 2.05) is 0 Å². The summed E-state index contributed by atoms with van der Waals surface area (Å²) >= 11 is 6.50. The maximum absolute atomic E-state index is 4.00. The number of benzene rings is 2. The molecule has 2 aromatic rings. The molecule has 0 bridgehead atoms. The number of rotatable bonds is 2. The summed E-state index contributed by atoms with van der Waals surface area (Å²) in [7, 11) is -0.282. The molecule has 0 aliphatic heterocycles. The van der Waals surface area contributed by atoms with Crippen LogP contribution in [0.15, 0.2) is 54.6 Å². The molecule has 2 rings (SSSR count). The fourth-order valence-corrected chi connectivity index (χ4v) is 7.40. The van der Waals surface area contributed by atoms with Gasteiger partial charge in [-0.1, -0.05) is 104 Å². The van der Waals surface area contributed by atoms with Crippen LogP contribution in [0.3, 0.4) is 0 Å². The number of hydrogen-bond donors (Lipinski definition) is 0. The van der Waals surface area contributed by atoms with E-state index in [1.54, 1.807) is 0 Å². The van der Waals surface area contributed by atoms with Crippen molar-refractivity contribution in [3.05, 3.63) is 54.6 Å². The van der Waals surface area contributed by atoms with Gasteiger partial charge in [0.15, 0.2) is 0 Å². The zero-order chi connectivity index (χ0) is 17.7. The van der Waals surface area contributed by atoms with Gasteiger partial charge in [0.25, 0.3) is 0 Å². The van der Waals surface area contributed by atoms with Gasteiger partial charge in [-0.25, -0.2) is 0 Å². The van der Waals surface area contributed by atoms with Crippen molar-refractivity contribution in [3.63, 3.8) is 0 Å². The first-order valence-electron chi connectivity index (χ1n) is 7.77. The second-order valence-electron chi connectivity index (χ2n) is 7.56. The summed E-state index contributed by atoms with van der Waals surface area (Å²) in [5.74, 6) is 0. The van der Waals surface area contributed by atoms with E-state index in [-0.39, 0.29) is 7.92 Å². The van der Waals surface area contributed by atoms with Crippen LogP contribution in [0, 0.1) is 0 Å². The van der Waals surface area contributed by atoms with Crippen LogP contribution in [-0.4, -0.2) is 10.3 Å². The molecule has 0 saturated heterocycles. The van der Waals surface area contributed by atoms with E-state index in [2.05, 4.69) is 124 Å². The molecule has 23 heavy (non-hydrogen) atoms. The average Bonchev–Trinajstić information content (AvgIpc) is 2.48. The molecular weight excluding hydrogens is 415 g/mol. The minimum atomic E-state index is -0.282. The topological polar surface area (TPSA) is 0 Å². The van der Waals surface area contributed by atoms with Gasteiger partial charge < -0.3 is 0 Å². The summed E-state index contributed by atoms with van der Waals surface area (Å²) in [5, 5.41) is 2.11. The number of hydrogen-bond acceptors (Lipinski definition) is 0. The maximum atomic E-state index is 4.00. The minimum absolute atomic E-state index is 0.282. The van der Waals surface area contributed by atoms with Crippen molar-refractivity contribution >= 4 is 27.3 Å². The summed E-state index contributed by atoms with van der Waals surface area (Å²) < 4.78 is 0. The van der Waals surface area contributed by atoms with E-state index in [4.69, 9.17) is 0 Å². The zero-order valence-corrected chi connectivity index (χ0v) is 18.2. The molecule has 3 heteroatoms. The molecule has 0 amide bonds. The van der Waals surface area contributed by atoms with E-state index in [1.165, 1.54) is 16.4 Å². The molecule has 0 saturated carbocycles. The molecule has 0 aromatic heterocycles. The summed E-state index contributed by atoms with van der Waals surface area (Å²) in [6.45, 7) is 14.3. The van der Waals surface area contributed by atoms with E-state index >= 15 is 0 Å². The molecule has 2 aromatic carbocycles. The first-order valence-corrected chi connectivity index (χ1v) is 11.4. The molecule has 0 aliphatic rings. The molecular formula is C20H27BrCuP. The molecule has 0 heterocycles. The molecule has 130 valence electrons. The second-order valence-corrected chi connectivity index (χ2v) is 11.4. The van der Waals surface area contributed by atoms with Crippen LogP contribution in [0.25, 0.3) is 11.1 Å². The van der Waals surface area contributed by atoms with E-state index in [0.717, 1.165) is 0 Å². The Morgan fingerprint density at radius 3 is 1.61 bits per heavy atom. The van der Waals surface area contributed by atoms with Gasteiger partial charge in [-0.2, -0.15) is 0 Å². The molecule has 0 atom stereocenters. The Balaban J connectivity index is 0.00000127. The van der Waals surface area contributed by atoms with Crippen LogP contribution in [0.5, 0.6) is 0 Å². The predicted molar refractivity (Wildman–Crippen MR) is 107 cm³/mol. The van der Waals surface area contributed by atoms with Crippen LogP contribution in [-0.2, 0) is 14.2 Å². The predicted octanol–water partition coefficient (Wildman–Crippen LogP) is 6.90. The quantitative estimate of drug-likeness (QED) is 0.351. The third kappa shape index (κ3) is 5.71. The average molecular weight is 442 g/mol. The second kappa shape index (κ2) is 8.82. The van der Waals surface area contributed by atoms with Gasteiger partial charge in [0.1, 0.15) is 0 Å². The Morgan fingerprint density at radius 2 is 1.13 bits per heavy atom. The fraction of sp³-hybridized carbons (Fsp3) is 0.400. The van der Waals surface area contributed by atoms with Gasteiger partial charge in [0.05, 0.1) is 0 Å². The third-order valence-corrected chi connectivity index (χ3v) is 7.13. The molecule has 0 aliphatic carbocycles. The SMILES string of the molecule is CC(C)(C)P(c1ccccc1-c1ccccc1)C(C)(C)C.[Cu][Br]. The van der Waals surface area contributed by atoms with E-state index in [0.29, 0.717) is 10.3 Å². The van der Waals surface area contributed by atoms with E-state index in [9.17, 15) is 0 Å². The Kier molecular flexibility index (Phi) is 8.02. The summed E-state index contributed by atoms with van der Waals surface area (Å²) in [6.07, 6.45) is 0. The van der Waals surface area contributed by atoms with Gasteiger partial charge in [0, 0.05) is 0 Å². The van der Waals surface area contributed by atoms with Crippen molar-refractivity contribution in [2.45, 2.75) is 51.9 Å². The molecule has 0 unspecified atom stereocenters. The van der Waals surface area contributed by atoms with Crippen molar-refractivity contribution in [1.82, 2.24) is 0 Å².